The molecule has 1 unspecified atom stereocenters. The molecule has 0 saturated heterocycles. The zero-order valence-corrected chi connectivity index (χ0v) is 18.9. The molecule has 10 heteroatoms. The molecule has 2 aromatic heterocycles. The summed E-state index contributed by atoms with van der Waals surface area (Å²) in [6, 6.07) is 6.44. The third kappa shape index (κ3) is 4.06. The van der Waals surface area contributed by atoms with Crippen LogP contribution in [0, 0.1) is 0 Å². The van der Waals surface area contributed by atoms with E-state index in [2.05, 4.69) is 0 Å². The lowest BCUT2D eigenvalue weighted by Gasteiger charge is -2.31. The molecule has 3 heterocycles. The number of pyridine rings is 1. The van der Waals surface area contributed by atoms with Gasteiger partial charge in [-0.05, 0) is 17.5 Å². The molecule has 0 radical (unpaired) electrons. The topological polar surface area (TPSA) is 96.2 Å². The van der Waals surface area contributed by atoms with Gasteiger partial charge in [-0.25, -0.2) is 4.79 Å². The Labute approximate surface area is 192 Å². The molecule has 0 spiro atoms. The molecule has 0 bridgehead atoms. The third-order valence-electron chi connectivity index (χ3n) is 4.96. The second-order valence-electron chi connectivity index (χ2n) is 6.95. The van der Waals surface area contributed by atoms with E-state index in [4.69, 9.17) is 30.5 Å². The van der Waals surface area contributed by atoms with Crippen molar-refractivity contribution < 1.29 is 28.8 Å². The Kier molecular flexibility index (Phi) is 6.40. The van der Waals surface area contributed by atoms with Crippen LogP contribution >= 0.6 is 22.9 Å². The molecule has 4 rings (SSSR count). The maximum atomic E-state index is 12.5. The van der Waals surface area contributed by atoms with Gasteiger partial charge in [0.05, 0.1) is 29.3 Å². The molecule has 1 atom stereocenters. The second kappa shape index (κ2) is 9.23. The van der Waals surface area contributed by atoms with E-state index in [1.165, 1.54) is 30.7 Å². The van der Waals surface area contributed by atoms with Gasteiger partial charge in [0.2, 0.25) is 6.23 Å². The molecule has 168 valence electrons. The van der Waals surface area contributed by atoms with Gasteiger partial charge < -0.3 is 28.6 Å². The summed E-state index contributed by atoms with van der Waals surface area (Å²) in [5.41, 5.74) is 0.0963. The molecule has 0 saturated carbocycles. The Morgan fingerprint density at radius 2 is 2.06 bits per heavy atom. The molecule has 1 aromatic carbocycles. The summed E-state index contributed by atoms with van der Waals surface area (Å²) < 4.78 is 24.2. The normalized spacial score (nSPS) is 14.3. The fraction of sp³-hybridized carbons (Fsp3) is 0.273. The van der Waals surface area contributed by atoms with Gasteiger partial charge in [0.15, 0.2) is 16.9 Å². The van der Waals surface area contributed by atoms with Crippen LogP contribution in [0.5, 0.6) is 17.2 Å². The van der Waals surface area contributed by atoms with E-state index in [0.717, 1.165) is 0 Å². The van der Waals surface area contributed by atoms with Crippen molar-refractivity contribution >= 4 is 28.9 Å². The summed E-state index contributed by atoms with van der Waals surface area (Å²) in [5.74, 6) is 0.0870. The van der Waals surface area contributed by atoms with Gasteiger partial charge in [0.25, 0.3) is 0 Å². The van der Waals surface area contributed by atoms with Gasteiger partial charge in [0.1, 0.15) is 11.3 Å². The van der Waals surface area contributed by atoms with E-state index in [1.807, 2.05) is 5.38 Å². The van der Waals surface area contributed by atoms with Crippen LogP contribution in [0.3, 0.4) is 0 Å². The fourth-order valence-electron chi connectivity index (χ4n) is 3.46. The number of carboxylic acid groups (broad SMARTS) is 1. The van der Waals surface area contributed by atoms with Crippen molar-refractivity contribution in [1.82, 2.24) is 4.57 Å². The molecule has 0 fully saturated rings. The molecule has 1 aliphatic rings. The van der Waals surface area contributed by atoms with Gasteiger partial charge in [-0.2, -0.15) is 0 Å². The van der Waals surface area contributed by atoms with Gasteiger partial charge in [0, 0.05) is 44.0 Å². The number of aromatic nitrogens is 1. The number of carboxylic acids is 1. The molecular weight excluding hydrogens is 458 g/mol. The number of ether oxygens (including phenoxy) is 4. The number of rotatable bonds is 8. The van der Waals surface area contributed by atoms with Crippen LogP contribution in [0.1, 0.15) is 27.9 Å². The van der Waals surface area contributed by atoms with Crippen molar-refractivity contribution in [3.8, 4) is 28.5 Å². The number of carbonyl (C=O) groups is 1. The van der Waals surface area contributed by atoms with E-state index in [-0.39, 0.29) is 5.56 Å². The summed E-state index contributed by atoms with van der Waals surface area (Å²) in [7, 11) is 3.14. The number of thiophene rings is 1. The van der Waals surface area contributed by atoms with Crippen molar-refractivity contribution in [3.05, 3.63) is 61.5 Å². The summed E-state index contributed by atoms with van der Waals surface area (Å²) in [6.45, 7) is 0.978. The van der Waals surface area contributed by atoms with Crippen LogP contribution in [-0.4, -0.2) is 43.1 Å². The smallest absolute Gasteiger partial charge is 0.341 e. The highest BCUT2D eigenvalue weighted by molar-refractivity contribution is 7.10. The van der Waals surface area contributed by atoms with E-state index >= 15 is 0 Å². The lowest BCUT2D eigenvalue weighted by molar-refractivity contribution is 0.0693. The number of methoxy groups -OCH3 is 2. The van der Waals surface area contributed by atoms with Crippen LogP contribution in [-0.2, 0) is 4.74 Å². The number of hydrogen-bond donors (Lipinski definition) is 1. The Bertz CT molecular complexity index is 1220. The van der Waals surface area contributed by atoms with Gasteiger partial charge in [-0.3, -0.25) is 4.79 Å². The first-order valence-corrected chi connectivity index (χ1v) is 10.9. The minimum atomic E-state index is -1.32. The fourth-order valence-corrected chi connectivity index (χ4v) is 4.63. The Morgan fingerprint density at radius 1 is 1.25 bits per heavy atom. The first-order valence-electron chi connectivity index (χ1n) is 9.67. The maximum Gasteiger partial charge on any atom is 0.341 e. The minimum absolute atomic E-state index is 0.358. The standard InChI is InChI=1S/C22H20ClNO7S/c1-28-5-3-6-30-19-10-17-12(8-18(19)29-2)15-9-16(25)13(22(26)27)11-24(15)21(31-17)20-14(23)4-7-32-20/h4,7-11,21H,3,5-6H2,1-2H3,(H,26,27). The molecular formula is C22H20ClNO7S. The summed E-state index contributed by atoms with van der Waals surface area (Å²) in [5, 5.41) is 11.7. The highest BCUT2D eigenvalue weighted by atomic mass is 35.5. The number of benzene rings is 1. The van der Waals surface area contributed by atoms with E-state index < -0.39 is 17.6 Å². The largest absolute Gasteiger partial charge is 0.493 e. The van der Waals surface area contributed by atoms with Crippen LogP contribution in [0.4, 0.5) is 0 Å². The maximum absolute atomic E-state index is 12.5. The van der Waals surface area contributed by atoms with Crippen molar-refractivity contribution in [2.24, 2.45) is 0 Å². The number of fused-ring (bicyclic) bond motifs is 3. The lowest BCUT2D eigenvalue weighted by Crippen LogP contribution is -2.27. The Morgan fingerprint density at radius 3 is 2.72 bits per heavy atom. The highest BCUT2D eigenvalue weighted by Crippen LogP contribution is 2.47. The van der Waals surface area contributed by atoms with Gasteiger partial charge in [-0.1, -0.05) is 11.6 Å². The third-order valence-corrected chi connectivity index (χ3v) is 6.35. The molecule has 0 amide bonds. The van der Waals surface area contributed by atoms with Crippen LogP contribution < -0.4 is 19.6 Å². The quantitative estimate of drug-likeness (QED) is 0.483. The highest BCUT2D eigenvalue weighted by Gasteiger charge is 2.31. The Hall–Kier alpha value is -3.01. The molecule has 0 aliphatic carbocycles. The van der Waals surface area contributed by atoms with Crippen LogP contribution in [0.25, 0.3) is 11.3 Å². The Balaban J connectivity index is 1.86. The predicted octanol–water partition coefficient (Wildman–Crippen LogP) is 4.29. The zero-order valence-electron chi connectivity index (χ0n) is 17.3. The predicted molar refractivity (Wildman–Crippen MR) is 120 cm³/mol. The van der Waals surface area contributed by atoms with E-state index in [1.54, 1.807) is 29.9 Å². The van der Waals surface area contributed by atoms with Crippen molar-refractivity contribution in [3.63, 3.8) is 0 Å². The molecule has 1 N–H and O–H groups in total. The van der Waals surface area contributed by atoms with Crippen molar-refractivity contribution in [1.29, 1.82) is 0 Å². The second-order valence-corrected chi connectivity index (χ2v) is 8.30. The van der Waals surface area contributed by atoms with Crippen molar-refractivity contribution in [2.45, 2.75) is 12.6 Å². The van der Waals surface area contributed by atoms with Crippen LogP contribution in [0.2, 0.25) is 5.02 Å². The number of hydrogen-bond acceptors (Lipinski definition) is 7. The summed E-state index contributed by atoms with van der Waals surface area (Å²) in [6.07, 6.45) is 1.23. The molecule has 1 aliphatic heterocycles. The van der Waals surface area contributed by atoms with Crippen LogP contribution in [0.15, 0.2) is 40.6 Å². The first-order chi connectivity index (χ1) is 15.4. The van der Waals surface area contributed by atoms with Crippen molar-refractivity contribution in [2.75, 3.05) is 27.4 Å². The first kappa shape index (κ1) is 22.2. The summed E-state index contributed by atoms with van der Waals surface area (Å²) in [4.78, 5) is 24.8. The molecule has 32 heavy (non-hydrogen) atoms. The van der Waals surface area contributed by atoms with Gasteiger partial charge in [-0.15, -0.1) is 11.3 Å². The monoisotopic (exact) mass is 477 g/mol. The number of aromatic carboxylic acids is 1. The summed E-state index contributed by atoms with van der Waals surface area (Å²) >= 11 is 7.73. The number of nitrogens with zero attached hydrogens (tertiary/aromatic N) is 1. The average molecular weight is 478 g/mol. The van der Waals surface area contributed by atoms with Gasteiger partial charge >= 0.3 is 5.97 Å². The number of halogens is 1. The SMILES string of the molecule is COCCCOc1cc2c(cc1OC)-c1cc(=O)c(C(=O)O)cn1C(c1sccc1Cl)O2. The zero-order chi connectivity index (χ0) is 22.8. The molecule has 8 nitrogen and oxygen atoms in total. The average Bonchev–Trinajstić information content (AvgIpc) is 3.20. The van der Waals surface area contributed by atoms with E-state index in [9.17, 15) is 14.7 Å². The lowest BCUT2D eigenvalue weighted by atomic mass is 10.0. The van der Waals surface area contributed by atoms with E-state index in [0.29, 0.717) is 58.0 Å². The minimum Gasteiger partial charge on any atom is -0.493 e. The molecule has 3 aromatic rings.